The molecule has 1 atom stereocenters. The van der Waals surface area contributed by atoms with Gasteiger partial charge in [-0.3, -0.25) is 4.99 Å². The van der Waals surface area contributed by atoms with Crippen molar-refractivity contribution in [3.05, 3.63) is 17.0 Å². The van der Waals surface area contributed by atoms with Gasteiger partial charge in [-0.25, -0.2) is 8.42 Å². The van der Waals surface area contributed by atoms with Crippen LogP contribution in [0.4, 0.5) is 13.2 Å². The smallest absolute Gasteiger partial charge is 0.361 e. The number of piperidine rings is 1. The molecule has 1 aromatic heterocycles. The number of halogens is 3. The van der Waals surface area contributed by atoms with Gasteiger partial charge in [-0.2, -0.15) is 17.5 Å². The van der Waals surface area contributed by atoms with Crippen LogP contribution in [0.1, 0.15) is 49.6 Å². The molecule has 1 saturated heterocycles. The van der Waals surface area contributed by atoms with E-state index in [1.807, 2.05) is 27.7 Å². The fraction of sp³-hybridized carbons (Fsp3) is 0.765. The Morgan fingerprint density at radius 3 is 2.45 bits per heavy atom. The number of nitrogens with zero attached hydrogens (tertiary/aromatic N) is 3. The second-order valence-corrected chi connectivity index (χ2v) is 9.06. The molecule has 0 aromatic carbocycles. The molecule has 166 valence electrons. The van der Waals surface area contributed by atoms with Crippen LogP contribution in [0, 0.1) is 13.8 Å². The van der Waals surface area contributed by atoms with Crippen molar-refractivity contribution in [2.75, 3.05) is 26.2 Å². The highest BCUT2D eigenvalue weighted by Gasteiger charge is 2.50. The second kappa shape index (κ2) is 9.33. The van der Waals surface area contributed by atoms with Crippen molar-refractivity contribution in [1.82, 2.24) is 20.1 Å². The Morgan fingerprint density at radius 2 is 1.97 bits per heavy atom. The van der Waals surface area contributed by atoms with Gasteiger partial charge in [0.1, 0.15) is 5.76 Å². The average molecular weight is 440 g/mol. The van der Waals surface area contributed by atoms with Crippen LogP contribution in [0.25, 0.3) is 0 Å². The maximum atomic E-state index is 12.7. The van der Waals surface area contributed by atoms with Gasteiger partial charge in [0.15, 0.2) is 5.96 Å². The van der Waals surface area contributed by atoms with E-state index < -0.39 is 15.5 Å². The number of sulfonamides is 1. The van der Waals surface area contributed by atoms with E-state index in [1.54, 1.807) is 0 Å². The van der Waals surface area contributed by atoms with E-state index in [4.69, 9.17) is 4.52 Å². The number of alkyl halides is 3. The summed E-state index contributed by atoms with van der Waals surface area (Å²) in [6.07, 6.45) is 0.526. The Hall–Kier alpha value is -1.82. The molecule has 2 rings (SSSR count). The molecule has 0 amide bonds. The summed E-state index contributed by atoms with van der Waals surface area (Å²) >= 11 is 0. The Kier molecular flexibility index (Phi) is 7.55. The molecular weight excluding hydrogens is 411 g/mol. The molecule has 2 N–H and O–H groups in total. The Labute approximate surface area is 169 Å². The van der Waals surface area contributed by atoms with Gasteiger partial charge in [0.2, 0.25) is 0 Å². The third kappa shape index (κ3) is 5.62. The molecule has 12 heteroatoms. The number of rotatable bonds is 6. The first-order valence-corrected chi connectivity index (χ1v) is 10.9. The summed E-state index contributed by atoms with van der Waals surface area (Å²) < 4.78 is 66.8. The molecule has 0 saturated carbocycles. The average Bonchev–Trinajstić information content (AvgIpc) is 2.97. The minimum atomic E-state index is -5.27. The van der Waals surface area contributed by atoms with Crippen molar-refractivity contribution in [3.8, 4) is 0 Å². The normalized spacial score (nSPS) is 18.7. The van der Waals surface area contributed by atoms with Gasteiger partial charge in [0.05, 0.1) is 5.69 Å². The zero-order valence-corrected chi connectivity index (χ0v) is 17.8. The molecular formula is C17H28F3N5O3S. The van der Waals surface area contributed by atoms with Crippen molar-refractivity contribution in [2.24, 2.45) is 4.99 Å². The number of hydrogen-bond acceptors (Lipinski definition) is 5. The summed E-state index contributed by atoms with van der Waals surface area (Å²) in [4.78, 5) is 4.57. The van der Waals surface area contributed by atoms with Crippen LogP contribution in [0.5, 0.6) is 0 Å². The summed E-state index contributed by atoms with van der Waals surface area (Å²) in [6, 6.07) is -0.165. The molecule has 1 unspecified atom stereocenters. The lowest BCUT2D eigenvalue weighted by Gasteiger charge is -2.32. The van der Waals surface area contributed by atoms with Crippen molar-refractivity contribution < 1.29 is 26.1 Å². The predicted molar refractivity (Wildman–Crippen MR) is 103 cm³/mol. The van der Waals surface area contributed by atoms with Crippen LogP contribution in [-0.4, -0.2) is 61.6 Å². The minimum absolute atomic E-state index is 0.0792. The highest BCUT2D eigenvalue weighted by atomic mass is 32.2. The largest absolute Gasteiger partial charge is 0.511 e. The third-order valence-electron chi connectivity index (χ3n) is 4.88. The quantitative estimate of drug-likeness (QED) is 0.521. The van der Waals surface area contributed by atoms with Gasteiger partial charge in [-0.05, 0) is 33.6 Å². The number of aliphatic imine (C=N–C) groups is 1. The van der Waals surface area contributed by atoms with E-state index in [1.165, 1.54) is 0 Å². The number of aryl methyl sites for hydroxylation is 2. The Morgan fingerprint density at radius 1 is 1.34 bits per heavy atom. The number of hydrogen-bond donors (Lipinski definition) is 2. The van der Waals surface area contributed by atoms with Gasteiger partial charge < -0.3 is 15.2 Å². The number of guanidine groups is 1. The van der Waals surface area contributed by atoms with Gasteiger partial charge in [0.25, 0.3) is 0 Å². The summed E-state index contributed by atoms with van der Waals surface area (Å²) in [5.74, 6) is 1.38. The van der Waals surface area contributed by atoms with Crippen LogP contribution in [0.15, 0.2) is 9.52 Å². The minimum Gasteiger partial charge on any atom is -0.361 e. The van der Waals surface area contributed by atoms with Crippen molar-refractivity contribution in [1.29, 1.82) is 0 Å². The lowest BCUT2D eigenvalue weighted by atomic mass is 10.00. The van der Waals surface area contributed by atoms with Gasteiger partial charge in [-0.1, -0.05) is 12.1 Å². The number of aromatic nitrogens is 1. The van der Waals surface area contributed by atoms with Crippen LogP contribution in [0.2, 0.25) is 0 Å². The fourth-order valence-corrected chi connectivity index (χ4v) is 4.40. The Bertz CT molecular complexity index is 795. The molecule has 1 aliphatic heterocycles. The molecule has 1 aliphatic rings. The van der Waals surface area contributed by atoms with Crippen molar-refractivity contribution in [3.63, 3.8) is 0 Å². The molecule has 1 aromatic rings. The SMILES string of the molecule is CCNC(=NCC(C)c1c(C)noc1C)NC1CCN(S(=O)(=O)C(F)(F)F)CC1. The highest BCUT2D eigenvalue weighted by Crippen LogP contribution is 2.29. The molecule has 8 nitrogen and oxygen atoms in total. The highest BCUT2D eigenvalue weighted by molar-refractivity contribution is 7.90. The summed E-state index contributed by atoms with van der Waals surface area (Å²) in [5, 5.41) is 10.3. The van der Waals surface area contributed by atoms with Crippen molar-refractivity contribution >= 4 is 16.0 Å². The first-order valence-electron chi connectivity index (χ1n) is 9.51. The lowest BCUT2D eigenvalue weighted by molar-refractivity contribution is -0.0494. The van der Waals surface area contributed by atoms with E-state index in [0.717, 1.165) is 17.0 Å². The predicted octanol–water partition coefficient (Wildman–Crippen LogP) is 2.26. The maximum absolute atomic E-state index is 12.7. The number of nitrogens with one attached hydrogen (secondary N) is 2. The van der Waals surface area contributed by atoms with Gasteiger partial charge in [0, 0.05) is 43.7 Å². The molecule has 2 heterocycles. The first kappa shape index (κ1) is 23.5. The van der Waals surface area contributed by atoms with Crippen LogP contribution >= 0.6 is 0 Å². The van der Waals surface area contributed by atoms with E-state index in [-0.39, 0.29) is 37.9 Å². The van der Waals surface area contributed by atoms with E-state index >= 15 is 0 Å². The fourth-order valence-electron chi connectivity index (χ4n) is 3.41. The standard InChI is InChI=1S/C17H28F3N5O3S/c1-5-21-16(22-10-11(2)15-12(3)24-28-13(15)4)23-14-6-8-25(9-7-14)29(26,27)17(18,19)20/h11,14H,5-10H2,1-4H3,(H2,21,22,23). The summed E-state index contributed by atoms with van der Waals surface area (Å²) in [5.41, 5.74) is -3.44. The van der Waals surface area contributed by atoms with E-state index in [0.29, 0.717) is 23.4 Å². The van der Waals surface area contributed by atoms with Crippen LogP contribution in [-0.2, 0) is 10.0 Å². The molecule has 0 aliphatic carbocycles. The second-order valence-electron chi connectivity index (χ2n) is 7.13. The topological polar surface area (TPSA) is 99.8 Å². The monoisotopic (exact) mass is 439 g/mol. The van der Waals surface area contributed by atoms with E-state index in [9.17, 15) is 21.6 Å². The molecule has 0 radical (unpaired) electrons. The van der Waals surface area contributed by atoms with Crippen LogP contribution < -0.4 is 10.6 Å². The third-order valence-corrected chi connectivity index (χ3v) is 6.51. The van der Waals surface area contributed by atoms with Gasteiger partial charge >= 0.3 is 15.5 Å². The van der Waals surface area contributed by atoms with E-state index in [2.05, 4.69) is 20.8 Å². The zero-order chi connectivity index (χ0) is 21.8. The molecule has 29 heavy (non-hydrogen) atoms. The van der Waals surface area contributed by atoms with Crippen LogP contribution in [0.3, 0.4) is 0 Å². The summed E-state index contributed by atoms with van der Waals surface area (Å²) in [7, 11) is -5.27. The summed E-state index contributed by atoms with van der Waals surface area (Å²) in [6.45, 7) is 8.36. The molecule has 0 spiro atoms. The molecule has 0 bridgehead atoms. The first-order chi connectivity index (χ1) is 13.5. The maximum Gasteiger partial charge on any atom is 0.511 e. The van der Waals surface area contributed by atoms with Crippen molar-refractivity contribution in [2.45, 2.75) is 58.0 Å². The Balaban J connectivity index is 1.97. The molecule has 1 fully saturated rings. The zero-order valence-electron chi connectivity index (χ0n) is 17.0. The van der Waals surface area contributed by atoms with Gasteiger partial charge in [-0.15, -0.1) is 0 Å². The lowest BCUT2D eigenvalue weighted by Crippen LogP contribution is -2.51.